The molecule has 4 nitrogen and oxygen atoms in total. The average molecular weight is 358 g/mol. The largest absolute Gasteiger partial charge is 0.325 e. The highest BCUT2D eigenvalue weighted by atomic mass is 16.2. The second-order valence-corrected chi connectivity index (χ2v) is 8.36. The Kier molecular flexibility index (Phi) is 7.09. The highest BCUT2D eigenvalue weighted by Crippen LogP contribution is 2.24. The summed E-state index contributed by atoms with van der Waals surface area (Å²) in [7, 11) is 0. The quantitative estimate of drug-likeness (QED) is 0.870. The monoisotopic (exact) mass is 357 g/mol. The third-order valence-electron chi connectivity index (χ3n) is 5.79. The van der Waals surface area contributed by atoms with Gasteiger partial charge in [0.05, 0.1) is 6.54 Å². The maximum absolute atomic E-state index is 12.4. The molecule has 0 spiro atoms. The second kappa shape index (κ2) is 9.52. The molecule has 0 atom stereocenters. The highest BCUT2D eigenvalue weighted by molar-refractivity contribution is 5.92. The number of carbonyl (C=O) groups excluding carboxylic acids is 1. The van der Waals surface area contributed by atoms with Gasteiger partial charge in [-0.2, -0.15) is 0 Å². The Bertz CT molecular complexity index is 575. The van der Waals surface area contributed by atoms with Gasteiger partial charge in [-0.3, -0.25) is 9.69 Å². The summed E-state index contributed by atoms with van der Waals surface area (Å²) in [6.07, 6.45) is 8.27. The molecule has 1 aromatic carbocycles. The van der Waals surface area contributed by atoms with Gasteiger partial charge in [-0.05, 0) is 75.4 Å². The van der Waals surface area contributed by atoms with Gasteiger partial charge in [-0.1, -0.05) is 25.3 Å². The lowest BCUT2D eigenvalue weighted by Crippen LogP contribution is -2.37. The van der Waals surface area contributed by atoms with Crippen molar-refractivity contribution < 1.29 is 4.79 Å². The second-order valence-electron chi connectivity index (χ2n) is 8.36. The maximum atomic E-state index is 12.4. The molecule has 2 aliphatic rings. The Morgan fingerprint density at radius 3 is 2.31 bits per heavy atom. The van der Waals surface area contributed by atoms with E-state index in [2.05, 4.69) is 35.0 Å². The van der Waals surface area contributed by atoms with Crippen LogP contribution in [-0.2, 0) is 4.79 Å². The first-order chi connectivity index (χ1) is 12.6. The minimum absolute atomic E-state index is 0.107. The maximum Gasteiger partial charge on any atom is 0.238 e. The lowest BCUT2D eigenvalue weighted by Gasteiger charge is -2.28. The summed E-state index contributed by atoms with van der Waals surface area (Å²) in [6, 6.07) is 6.21. The van der Waals surface area contributed by atoms with E-state index in [4.69, 9.17) is 0 Å². The van der Waals surface area contributed by atoms with Gasteiger partial charge >= 0.3 is 0 Å². The fourth-order valence-electron chi connectivity index (χ4n) is 4.55. The van der Waals surface area contributed by atoms with E-state index in [0.717, 1.165) is 31.2 Å². The molecule has 1 amide bonds. The van der Waals surface area contributed by atoms with Gasteiger partial charge in [0.15, 0.2) is 0 Å². The zero-order valence-corrected chi connectivity index (χ0v) is 16.6. The first-order valence-corrected chi connectivity index (χ1v) is 10.4. The molecule has 4 heteroatoms. The molecular formula is C22H35N3O. The van der Waals surface area contributed by atoms with Gasteiger partial charge in [0.2, 0.25) is 5.91 Å². The molecule has 1 saturated carbocycles. The molecule has 1 aliphatic heterocycles. The van der Waals surface area contributed by atoms with Gasteiger partial charge in [-0.25, -0.2) is 0 Å². The SMILES string of the molecule is Cc1cc(C)cc(NC(=O)CN2CCCN(CC3CCCCC3)CC2)c1. The normalized spacial score (nSPS) is 20.7. The molecule has 1 heterocycles. The first-order valence-electron chi connectivity index (χ1n) is 10.4. The molecule has 3 rings (SSSR count). The Hall–Kier alpha value is -1.39. The Labute approximate surface area is 158 Å². The third-order valence-corrected chi connectivity index (χ3v) is 5.79. The van der Waals surface area contributed by atoms with Crippen LogP contribution in [-0.4, -0.2) is 55.0 Å². The summed E-state index contributed by atoms with van der Waals surface area (Å²) in [5.41, 5.74) is 3.29. The molecular weight excluding hydrogens is 322 g/mol. The van der Waals surface area contributed by atoms with Crippen molar-refractivity contribution in [2.45, 2.75) is 52.4 Å². The van der Waals surface area contributed by atoms with E-state index in [1.54, 1.807) is 0 Å². The molecule has 1 N–H and O–H groups in total. The summed E-state index contributed by atoms with van der Waals surface area (Å²) >= 11 is 0. The lowest BCUT2D eigenvalue weighted by atomic mass is 9.89. The summed E-state index contributed by atoms with van der Waals surface area (Å²) in [4.78, 5) is 17.4. The highest BCUT2D eigenvalue weighted by Gasteiger charge is 2.21. The summed E-state index contributed by atoms with van der Waals surface area (Å²) in [5.74, 6) is 1.01. The van der Waals surface area contributed by atoms with Gasteiger partial charge in [0.25, 0.3) is 0 Å². The van der Waals surface area contributed by atoms with E-state index in [9.17, 15) is 4.79 Å². The number of amides is 1. The number of aryl methyl sites for hydroxylation is 2. The van der Waals surface area contributed by atoms with E-state index in [1.165, 1.54) is 62.7 Å². The summed E-state index contributed by atoms with van der Waals surface area (Å²) in [6.45, 7) is 10.2. The summed E-state index contributed by atoms with van der Waals surface area (Å²) in [5, 5.41) is 3.07. The number of hydrogen-bond acceptors (Lipinski definition) is 3. The average Bonchev–Trinajstić information content (AvgIpc) is 2.80. The van der Waals surface area contributed by atoms with Crippen LogP contribution in [0.15, 0.2) is 18.2 Å². The van der Waals surface area contributed by atoms with Crippen LogP contribution in [0, 0.1) is 19.8 Å². The predicted octanol–water partition coefficient (Wildman–Crippen LogP) is 3.83. The van der Waals surface area contributed by atoms with Crippen molar-refractivity contribution in [3.63, 3.8) is 0 Å². The Balaban J connectivity index is 1.44. The van der Waals surface area contributed by atoms with Crippen LogP contribution >= 0.6 is 0 Å². The topological polar surface area (TPSA) is 35.6 Å². The Morgan fingerprint density at radius 1 is 0.923 bits per heavy atom. The van der Waals surface area contributed by atoms with E-state index in [-0.39, 0.29) is 5.91 Å². The van der Waals surface area contributed by atoms with Crippen molar-refractivity contribution in [1.29, 1.82) is 0 Å². The molecule has 0 aromatic heterocycles. The fourth-order valence-corrected chi connectivity index (χ4v) is 4.55. The van der Waals surface area contributed by atoms with Crippen LogP contribution in [0.2, 0.25) is 0 Å². The van der Waals surface area contributed by atoms with Crippen molar-refractivity contribution in [2.24, 2.45) is 5.92 Å². The van der Waals surface area contributed by atoms with Crippen molar-refractivity contribution in [1.82, 2.24) is 9.80 Å². The molecule has 2 fully saturated rings. The van der Waals surface area contributed by atoms with Crippen molar-refractivity contribution in [3.05, 3.63) is 29.3 Å². The standard InChI is InChI=1S/C22H35N3O/c1-18-13-19(2)15-21(14-18)23-22(26)17-25-10-6-9-24(11-12-25)16-20-7-4-3-5-8-20/h13-15,20H,3-12,16-17H2,1-2H3,(H,23,26). The van der Waals surface area contributed by atoms with Crippen LogP contribution in [0.1, 0.15) is 49.7 Å². The van der Waals surface area contributed by atoms with E-state index in [1.807, 2.05) is 12.1 Å². The fraction of sp³-hybridized carbons (Fsp3) is 0.682. The number of nitrogens with one attached hydrogen (secondary N) is 1. The molecule has 144 valence electrons. The van der Waals surface area contributed by atoms with E-state index < -0.39 is 0 Å². The number of nitrogens with zero attached hydrogens (tertiary/aromatic N) is 2. The number of benzene rings is 1. The summed E-state index contributed by atoms with van der Waals surface area (Å²) < 4.78 is 0. The lowest BCUT2D eigenvalue weighted by molar-refractivity contribution is -0.117. The molecule has 1 saturated heterocycles. The number of hydrogen-bond donors (Lipinski definition) is 1. The minimum Gasteiger partial charge on any atom is -0.325 e. The first kappa shape index (κ1) is 19.4. The van der Waals surface area contributed by atoms with Gasteiger partial charge < -0.3 is 10.2 Å². The van der Waals surface area contributed by atoms with E-state index in [0.29, 0.717) is 6.54 Å². The molecule has 0 unspecified atom stereocenters. The van der Waals surface area contributed by atoms with E-state index >= 15 is 0 Å². The van der Waals surface area contributed by atoms with Crippen LogP contribution in [0.25, 0.3) is 0 Å². The number of rotatable bonds is 5. The zero-order valence-electron chi connectivity index (χ0n) is 16.6. The molecule has 1 aromatic rings. The molecule has 0 radical (unpaired) electrons. The molecule has 1 aliphatic carbocycles. The third kappa shape index (κ3) is 6.10. The van der Waals surface area contributed by atoms with Crippen LogP contribution in [0.3, 0.4) is 0 Å². The Morgan fingerprint density at radius 2 is 1.58 bits per heavy atom. The van der Waals surface area contributed by atoms with Gasteiger partial charge in [0.1, 0.15) is 0 Å². The number of carbonyl (C=O) groups is 1. The molecule has 26 heavy (non-hydrogen) atoms. The minimum atomic E-state index is 0.107. The van der Waals surface area contributed by atoms with Crippen LogP contribution in [0.5, 0.6) is 0 Å². The van der Waals surface area contributed by atoms with Crippen molar-refractivity contribution in [2.75, 3.05) is 44.6 Å². The smallest absolute Gasteiger partial charge is 0.238 e. The molecule has 0 bridgehead atoms. The van der Waals surface area contributed by atoms with Gasteiger partial charge in [-0.15, -0.1) is 0 Å². The van der Waals surface area contributed by atoms with Crippen LogP contribution in [0.4, 0.5) is 5.69 Å². The van der Waals surface area contributed by atoms with Crippen molar-refractivity contribution in [3.8, 4) is 0 Å². The van der Waals surface area contributed by atoms with Gasteiger partial charge in [0, 0.05) is 25.3 Å². The van der Waals surface area contributed by atoms with Crippen molar-refractivity contribution >= 4 is 11.6 Å². The zero-order chi connectivity index (χ0) is 18.4. The van der Waals surface area contributed by atoms with Crippen LogP contribution < -0.4 is 5.32 Å². The predicted molar refractivity (Wildman–Crippen MR) is 109 cm³/mol. The number of anilines is 1.